The highest BCUT2D eigenvalue weighted by Crippen LogP contribution is 2.71. The number of carboxylic acid groups (broad SMARTS) is 1. The van der Waals surface area contributed by atoms with Gasteiger partial charge in [-0.3, -0.25) is 9.59 Å². The van der Waals surface area contributed by atoms with Crippen molar-refractivity contribution in [3.8, 4) is 0 Å². The summed E-state index contributed by atoms with van der Waals surface area (Å²) in [6.07, 6.45) is 8.01. The summed E-state index contributed by atoms with van der Waals surface area (Å²) >= 11 is 0. The van der Waals surface area contributed by atoms with E-state index < -0.39 is 16.8 Å². The number of carboxylic acids is 1. The Morgan fingerprint density at radius 1 is 1.09 bits per heavy atom. The van der Waals surface area contributed by atoms with Crippen LogP contribution in [0.5, 0.6) is 0 Å². The van der Waals surface area contributed by atoms with Gasteiger partial charge in [0.25, 0.3) is 0 Å². The molecular formula is C20H30O3. The molecule has 7 atom stereocenters. The summed E-state index contributed by atoms with van der Waals surface area (Å²) in [6.45, 7) is 6.45. The second-order valence-corrected chi connectivity index (χ2v) is 9.66. The van der Waals surface area contributed by atoms with Crippen LogP contribution < -0.4 is 0 Å². The van der Waals surface area contributed by atoms with Crippen LogP contribution in [0.4, 0.5) is 0 Å². The van der Waals surface area contributed by atoms with E-state index in [-0.39, 0.29) is 5.92 Å². The van der Waals surface area contributed by atoms with Crippen molar-refractivity contribution in [3.05, 3.63) is 0 Å². The number of carbonyl (C=O) groups excluding carboxylic acids is 1. The average molecular weight is 318 g/mol. The highest BCUT2D eigenvalue weighted by atomic mass is 16.4. The summed E-state index contributed by atoms with van der Waals surface area (Å²) in [5.41, 5.74) is -0.788. The molecule has 4 aliphatic carbocycles. The number of fused-ring (bicyclic) bond motifs is 3. The lowest BCUT2D eigenvalue weighted by Crippen LogP contribution is -2.61. The maximum absolute atomic E-state index is 13.1. The molecule has 0 amide bonds. The van der Waals surface area contributed by atoms with Gasteiger partial charge in [0.2, 0.25) is 0 Å². The topological polar surface area (TPSA) is 54.4 Å². The molecular weight excluding hydrogens is 288 g/mol. The molecule has 0 aliphatic heterocycles. The molecule has 0 aromatic rings. The number of Topliss-reactive ketones (excluding diaryl/α,β-unsaturated/α-hetero) is 1. The van der Waals surface area contributed by atoms with E-state index in [9.17, 15) is 14.7 Å². The quantitative estimate of drug-likeness (QED) is 0.784. The summed E-state index contributed by atoms with van der Waals surface area (Å²) in [4.78, 5) is 25.1. The van der Waals surface area contributed by atoms with Crippen LogP contribution in [-0.4, -0.2) is 16.9 Å². The van der Waals surface area contributed by atoms with Crippen LogP contribution in [0.1, 0.15) is 72.1 Å². The van der Waals surface area contributed by atoms with Crippen LogP contribution in [0, 0.1) is 39.9 Å². The molecule has 0 unspecified atom stereocenters. The lowest BCUT2D eigenvalue weighted by molar-refractivity contribution is -0.185. The molecule has 1 spiro atoms. The second-order valence-electron chi connectivity index (χ2n) is 9.66. The van der Waals surface area contributed by atoms with E-state index in [0.717, 1.165) is 31.1 Å². The van der Waals surface area contributed by atoms with Crippen molar-refractivity contribution in [2.45, 2.75) is 72.1 Å². The van der Waals surface area contributed by atoms with Gasteiger partial charge in [0.15, 0.2) is 0 Å². The maximum Gasteiger partial charge on any atom is 0.309 e. The van der Waals surface area contributed by atoms with Gasteiger partial charge in [0, 0.05) is 11.8 Å². The molecule has 0 heterocycles. The number of aliphatic carboxylic acids is 1. The molecule has 128 valence electrons. The summed E-state index contributed by atoms with van der Waals surface area (Å²) in [5.74, 6) is 1.74. The molecule has 0 radical (unpaired) electrons. The third kappa shape index (κ3) is 1.77. The molecule has 0 aromatic heterocycles. The number of ketones is 1. The Hall–Kier alpha value is -0.860. The fourth-order valence-electron chi connectivity index (χ4n) is 7.70. The molecule has 4 aliphatic rings. The van der Waals surface area contributed by atoms with Gasteiger partial charge in [-0.05, 0) is 81.0 Å². The lowest BCUT2D eigenvalue weighted by atomic mass is 9.40. The number of rotatable bonds is 1. The van der Waals surface area contributed by atoms with E-state index in [1.54, 1.807) is 0 Å². The van der Waals surface area contributed by atoms with Gasteiger partial charge in [-0.25, -0.2) is 0 Å². The van der Waals surface area contributed by atoms with Crippen molar-refractivity contribution < 1.29 is 14.7 Å². The van der Waals surface area contributed by atoms with E-state index in [1.807, 2.05) is 6.92 Å². The summed E-state index contributed by atoms with van der Waals surface area (Å²) in [7, 11) is 0. The highest BCUT2D eigenvalue weighted by Gasteiger charge is 2.68. The maximum atomic E-state index is 13.1. The third-order valence-corrected chi connectivity index (χ3v) is 8.88. The summed E-state index contributed by atoms with van der Waals surface area (Å²) < 4.78 is 0. The monoisotopic (exact) mass is 318 g/mol. The first-order valence-corrected chi connectivity index (χ1v) is 9.51. The number of hydrogen-bond acceptors (Lipinski definition) is 2. The number of hydrogen-bond donors (Lipinski definition) is 1. The standard InChI is InChI=1S/C20H30O3/c1-12-10-20-9-6-14-18(2,17(22)23)8-7-16(21)19(14,3)15(20)5-4-13(12)11-20/h12-15H,4-11H2,1-3H3,(H,22,23)/t12-,13-,14+,15-,18+,19+,20+/m0/s1. The van der Waals surface area contributed by atoms with Crippen LogP contribution in [0.15, 0.2) is 0 Å². The SMILES string of the molecule is C[C@H]1C[C@@]23CC[C@H]4[C@@](C)(C(=O)CC[C@@]4(C)C(=O)O)[C@@H]2CC[C@H]1C3. The van der Waals surface area contributed by atoms with E-state index in [0.29, 0.717) is 30.0 Å². The zero-order valence-corrected chi connectivity index (χ0v) is 14.7. The Labute approximate surface area is 139 Å². The summed E-state index contributed by atoms with van der Waals surface area (Å²) in [6, 6.07) is 0. The second kappa shape index (κ2) is 4.61. The van der Waals surface area contributed by atoms with Crippen molar-refractivity contribution in [2.75, 3.05) is 0 Å². The summed E-state index contributed by atoms with van der Waals surface area (Å²) in [5, 5.41) is 9.89. The fourth-order valence-corrected chi connectivity index (χ4v) is 7.70. The van der Waals surface area contributed by atoms with Gasteiger partial charge in [-0.15, -0.1) is 0 Å². The Morgan fingerprint density at radius 2 is 1.83 bits per heavy atom. The van der Waals surface area contributed by atoms with Crippen molar-refractivity contribution in [2.24, 2.45) is 39.9 Å². The molecule has 23 heavy (non-hydrogen) atoms. The van der Waals surface area contributed by atoms with E-state index >= 15 is 0 Å². The number of carbonyl (C=O) groups is 2. The van der Waals surface area contributed by atoms with E-state index in [2.05, 4.69) is 13.8 Å². The first-order chi connectivity index (χ1) is 10.7. The predicted molar refractivity (Wildman–Crippen MR) is 87.9 cm³/mol. The fraction of sp³-hybridized carbons (Fsp3) is 0.900. The molecule has 4 rings (SSSR count). The van der Waals surface area contributed by atoms with Gasteiger partial charge in [-0.2, -0.15) is 0 Å². The van der Waals surface area contributed by atoms with Gasteiger partial charge in [0.05, 0.1) is 5.41 Å². The van der Waals surface area contributed by atoms with Crippen LogP contribution >= 0.6 is 0 Å². The van der Waals surface area contributed by atoms with Crippen LogP contribution in [0.2, 0.25) is 0 Å². The molecule has 3 heteroatoms. The Bertz CT molecular complexity index is 565. The van der Waals surface area contributed by atoms with Gasteiger partial charge >= 0.3 is 5.97 Å². The van der Waals surface area contributed by atoms with E-state index in [4.69, 9.17) is 0 Å². The van der Waals surface area contributed by atoms with Crippen LogP contribution in [-0.2, 0) is 9.59 Å². The third-order valence-electron chi connectivity index (χ3n) is 8.88. The highest BCUT2D eigenvalue weighted by molar-refractivity contribution is 5.89. The Kier molecular flexibility index (Phi) is 3.14. The van der Waals surface area contributed by atoms with Crippen molar-refractivity contribution >= 4 is 11.8 Å². The molecule has 3 nitrogen and oxygen atoms in total. The van der Waals surface area contributed by atoms with Crippen molar-refractivity contribution in [3.63, 3.8) is 0 Å². The minimum Gasteiger partial charge on any atom is -0.481 e. The average Bonchev–Trinajstić information content (AvgIpc) is 2.73. The Morgan fingerprint density at radius 3 is 2.52 bits per heavy atom. The minimum atomic E-state index is -0.717. The largest absolute Gasteiger partial charge is 0.481 e. The first-order valence-electron chi connectivity index (χ1n) is 9.51. The molecule has 4 saturated carbocycles. The Balaban J connectivity index is 1.79. The van der Waals surface area contributed by atoms with E-state index in [1.165, 1.54) is 19.3 Å². The normalized spacial score (nSPS) is 55.2. The predicted octanol–water partition coefficient (Wildman–Crippen LogP) is 4.30. The van der Waals surface area contributed by atoms with Crippen LogP contribution in [0.25, 0.3) is 0 Å². The lowest BCUT2D eigenvalue weighted by Gasteiger charge is -2.62. The smallest absolute Gasteiger partial charge is 0.309 e. The van der Waals surface area contributed by atoms with Gasteiger partial charge < -0.3 is 5.11 Å². The zero-order valence-electron chi connectivity index (χ0n) is 14.7. The van der Waals surface area contributed by atoms with Crippen LogP contribution in [0.3, 0.4) is 0 Å². The molecule has 0 saturated heterocycles. The van der Waals surface area contributed by atoms with Gasteiger partial charge in [-0.1, -0.05) is 13.8 Å². The first kappa shape index (κ1) is 15.7. The molecule has 0 aromatic carbocycles. The minimum absolute atomic E-state index is 0.0248. The molecule has 1 N–H and O–H groups in total. The van der Waals surface area contributed by atoms with Crippen molar-refractivity contribution in [1.82, 2.24) is 0 Å². The van der Waals surface area contributed by atoms with Gasteiger partial charge in [0.1, 0.15) is 5.78 Å². The molecule has 4 fully saturated rings. The van der Waals surface area contributed by atoms with Crippen molar-refractivity contribution in [1.29, 1.82) is 0 Å². The molecule has 2 bridgehead atoms. The zero-order chi connectivity index (χ0) is 16.6.